The van der Waals surface area contributed by atoms with Gasteiger partial charge in [-0.1, -0.05) is 30.3 Å². The molecular formula is C15H20N2O3. The molecule has 2 atom stereocenters. The Balaban J connectivity index is 2.34. The van der Waals surface area contributed by atoms with Gasteiger partial charge in [0, 0.05) is 7.11 Å². The van der Waals surface area contributed by atoms with Crippen LogP contribution < -0.4 is 5.32 Å². The van der Waals surface area contributed by atoms with Gasteiger partial charge in [0.15, 0.2) is 0 Å². The van der Waals surface area contributed by atoms with Crippen molar-refractivity contribution >= 4 is 11.8 Å². The summed E-state index contributed by atoms with van der Waals surface area (Å²) in [7, 11) is 1.58. The third-order valence-electron chi connectivity index (χ3n) is 3.68. The molecule has 1 aliphatic rings. The molecule has 20 heavy (non-hydrogen) atoms. The summed E-state index contributed by atoms with van der Waals surface area (Å²) in [6, 6.07) is 9.16. The van der Waals surface area contributed by atoms with Crippen LogP contribution in [0.5, 0.6) is 0 Å². The predicted molar refractivity (Wildman–Crippen MR) is 75.0 cm³/mol. The average Bonchev–Trinajstić information content (AvgIpc) is 2.44. The lowest BCUT2D eigenvalue weighted by Crippen LogP contribution is -2.65. The molecule has 1 aliphatic heterocycles. The molecule has 1 aromatic rings. The van der Waals surface area contributed by atoms with Gasteiger partial charge < -0.3 is 15.0 Å². The molecular weight excluding hydrogens is 256 g/mol. The Kier molecular flexibility index (Phi) is 4.09. The Labute approximate surface area is 118 Å². The summed E-state index contributed by atoms with van der Waals surface area (Å²) in [5.41, 5.74) is -0.230. The summed E-state index contributed by atoms with van der Waals surface area (Å²) in [6.07, 6.45) is 0. The maximum Gasteiger partial charge on any atom is 0.253 e. The molecule has 1 fully saturated rings. The predicted octanol–water partition coefficient (Wildman–Crippen LogP) is 0.895. The third-order valence-corrected chi connectivity index (χ3v) is 3.68. The summed E-state index contributed by atoms with van der Waals surface area (Å²) in [6.45, 7) is 4.11. The van der Waals surface area contributed by atoms with Crippen LogP contribution in [0.4, 0.5) is 0 Å². The minimum atomic E-state index is -1.02. The SMILES string of the molecule is COCC(C)N1CC(=O)NC(C)(c2ccccc2)C1=O. The van der Waals surface area contributed by atoms with Crippen LogP contribution in [0.3, 0.4) is 0 Å². The summed E-state index contributed by atoms with van der Waals surface area (Å²) < 4.78 is 5.09. The van der Waals surface area contributed by atoms with E-state index in [9.17, 15) is 9.59 Å². The summed E-state index contributed by atoms with van der Waals surface area (Å²) in [5, 5.41) is 2.81. The Morgan fingerprint density at radius 3 is 2.60 bits per heavy atom. The van der Waals surface area contributed by atoms with E-state index >= 15 is 0 Å². The van der Waals surface area contributed by atoms with Crippen LogP contribution in [-0.2, 0) is 19.9 Å². The Morgan fingerprint density at radius 2 is 2.00 bits per heavy atom. The molecule has 2 unspecified atom stereocenters. The molecule has 0 bridgehead atoms. The summed E-state index contributed by atoms with van der Waals surface area (Å²) >= 11 is 0. The molecule has 0 spiro atoms. The summed E-state index contributed by atoms with van der Waals surface area (Å²) in [5.74, 6) is -0.258. The maximum absolute atomic E-state index is 12.8. The minimum absolute atomic E-state index is 0.0752. The number of benzene rings is 1. The number of carbonyl (C=O) groups is 2. The van der Waals surface area contributed by atoms with Crippen molar-refractivity contribution in [1.29, 1.82) is 0 Å². The number of hydrogen-bond donors (Lipinski definition) is 1. The Morgan fingerprint density at radius 1 is 1.35 bits per heavy atom. The van der Waals surface area contributed by atoms with Crippen molar-refractivity contribution in [2.45, 2.75) is 25.4 Å². The highest BCUT2D eigenvalue weighted by Crippen LogP contribution is 2.27. The van der Waals surface area contributed by atoms with Gasteiger partial charge in [-0.05, 0) is 19.4 Å². The van der Waals surface area contributed by atoms with Crippen LogP contribution in [-0.4, -0.2) is 43.0 Å². The molecule has 1 saturated heterocycles. The quantitative estimate of drug-likeness (QED) is 0.888. The van der Waals surface area contributed by atoms with Gasteiger partial charge in [-0.3, -0.25) is 9.59 Å². The number of nitrogens with zero attached hydrogens (tertiary/aromatic N) is 1. The van der Waals surface area contributed by atoms with Crippen molar-refractivity contribution in [3.05, 3.63) is 35.9 Å². The normalized spacial score (nSPS) is 24.4. The van der Waals surface area contributed by atoms with Crippen LogP contribution in [0.25, 0.3) is 0 Å². The lowest BCUT2D eigenvalue weighted by Gasteiger charge is -2.42. The minimum Gasteiger partial charge on any atom is -0.383 e. The van der Waals surface area contributed by atoms with E-state index in [2.05, 4.69) is 5.32 Å². The first-order chi connectivity index (χ1) is 9.49. The van der Waals surface area contributed by atoms with Gasteiger partial charge in [-0.15, -0.1) is 0 Å². The van der Waals surface area contributed by atoms with E-state index in [-0.39, 0.29) is 24.4 Å². The van der Waals surface area contributed by atoms with Crippen LogP contribution in [0, 0.1) is 0 Å². The van der Waals surface area contributed by atoms with Gasteiger partial charge in [0.1, 0.15) is 12.1 Å². The Hall–Kier alpha value is -1.88. The molecule has 5 heteroatoms. The van der Waals surface area contributed by atoms with Gasteiger partial charge in [-0.25, -0.2) is 0 Å². The number of hydrogen-bond acceptors (Lipinski definition) is 3. The maximum atomic E-state index is 12.8. The number of rotatable bonds is 4. The van der Waals surface area contributed by atoms with Crippen molar-refractivity contribution in [2.75, 3.05) is 20.3 Å². The molecule has 1 heterocycles. The van der Waals surface area contributed by atoms with Crippen molar-refractivity contribution in [2.24, 2.45) is 0 Å². The second-order valence-corrected chi connectivity index (χ2v) is 5.28. The number of nitrogens with one attached hydrogen (secondary N) is 1. The van der Waals surface area contributed by atoms with Gasteiger partial charge in [-0.2, -0.15) is 0 Å². The number of methoxy groups -OCH3 is 1. The van der Waals surface area contributed by atoms with Gasteiger partial charge in [0.05, 0.1) is 12.6 Å². The fourth-order valence-electron chi connectivity index (χ4n) is 2.54. The third kappa shape index (κ3) is 2.54. The highest BCUT2D eigenvalue weighted by atomic mass is 16.5. The molecule has 0 radical (unpaired) electrons. The topological polar surface area (TPSA) is 58.6 Å². The van der Waals surface area contributed by atoms with E-state index in [1.807, 2.05) is 37.3 Å². The van der Waals surface area contributed by atoms with E-state index in [4.69, 9.17) is 4.74 Å². The van der Waals surface area contributed by atoms with Crippen molar-refractivity contribution in [3.63, 3.8) is 0 Å². The molecule has 2 amide bonds. The first-order valence-electron chi connectivity index (χ1n) is 6.65. The molecule has 1 N–H and O–H groups in total. The molecule has 0 aliphatic carbocycles. The molecule has 1 aromatic carbocycles. The second-order valence-electron chi connectivity index (χ2n) is 5.28. The van der Waals surface area contributed by atoms with E-state index < -0.39 is 5.54 Å². The largest absolute Gasteiger partial charge is 0.383 e. The van der Waals surface area contributed by atoms with Crippen molar-refractivity contribution in [3.8, 4) is 0 Å². The van der Waals surface area contributed by atoms with Gasteiger partial charge >= 0.3 is 0 Å². The molecule has 0 aromatic heterocycles. The average molecular weight is 276 g/mol. The summed E-state index contributed by atoms with van der Waals surface area (Å²) in [4.78, 5) is 26.3. The highest BCUT2D eigenvalue weighted by Gasteiger charge is 2.45. The van der Waals surface area contributed by atoms with E-state index in [1.54, 1.807) is 18.9 Å². The molecule has 108 valence electrons. The zero-order valence-corrected chi connectivity index (χ0v) is 12.1. The molecule has 0 saturated carbocycles. The van der Waals surface area contributed by atoms with Crippen LogP contribution in [0.1, 0.15) is 19.4 Å². The first kappa shape index (κ1) is 14.5. The second kappa shape index (κ2) is 5.63. The monoisotopic (exact) mass is 276 g/mol. The van der Waals surface area contributed by atoms with E-state index in [0.29, 0.717) is 6.61 Å². The van der Waals surface area contributed by atoms with Crippen LogP contribution in [0.15, 0.2) is 30.3 Å². The van der Waals surface area contributed by atoms with Crippen LogP contribution >= 0.6 is 0 Å². The standard InChI is InChI=1S/C15H20N2O3/c1-11(10-20-3)17-9-13(18)16-15(2,14(17)19)12-7-5-4-6-8-12/h4-8,11H,9-10H2,1-3H3,(H,16,18). The smallest absolute Gasteiger partial charge is 0.253 e. The fraction of sp³-hybridized carbons (Fsp3) is 0.467. The number of piperazine rings is 1. The lowest BCUT2D eigenvalue weighted by molar-refractivity contribution is -0.152. The Bertz CT molecular complexity index is 503. The number of carbonyl (C=O) groups excluding carboxylic acids is 2. The lowest BCUT2D eigenvalue weighted by atomic mass is 9.88. The fourth-order valence-corrected chi connectivity index (χ4v) is 2.54. The van der Waals surface area contributed by atoms with E-state index in [0.717, 1.165) is 5.56 Å². The van der Waals surface area contributed by atoms with Crippen molar-refractivity contribution in [1.82, 2.24) is 10.2 Å². The van der Waals surface area contributed by atoms with Crippen molar-refractivity contribution < 1.29 is 14.3 Å². The molecule has 5 nitrogen and oxygen atoms in total. The zero-order chi connectivity index (χ0) is 14.8. The van der Waals surface area contributed by atoms with Gasteiger partial charge in [0.25, 0.3) is 5.91 Å². The number of ether oxygens (including phenoxy) is 1. The van der Waals surface area contributed by atoms with E-state index in [1.165, 1.54) is 0 Å². The zero-order valence-electron chi connectivity index (χ0n) is 12.1. The van der Waals surface area contributed by atoms with Gasteiger partial charge in [0.2, 0.25) is 5.91 Å². The molecule has 2 rings (SSSR count). The number of amides is 2. The first-order valence-corrected chi connectivity index (χ1v) is 6.65. The van der Waals surface area contributed by atoms with Crippen LogP contribution in [0.2, 0.25) is 0 Å². The highest BCUT2D eigenvalue weighted by molar-refractivity contribution is 5.98.